The first-order chi connectivity index (χ1) is 16.6. The highest BCUT2D eigenvalue weighted by Gasteiger charge is 2.65. The molecule has 0 aromatic rings. The minimum Gasteiger partial charge on any atom is -0.462 e. The number of nitrogens with zero attached hydrogens (tertiary/aromatic N) is 3. The molecule has 6 heteroatoms. The van der Waals surface area contributed by atoms with Crippen LogP contribution in [0.5, 0.6) is 0 Å². The standard InChI is InChI=1S/C29H49N3O3/c1-8-21-25-16-20(34)11-13-29(25,6)24-12-14-28(5)22(17(2)15-18(3)31-32-30-7)9-10-23(28)26(24)27(21)35-19(4)33/h17,20-27,34H,8-16H2,1-7H3/b31-18+,32-30?/t17-,20-,21-,22-,23+,24+,25+,26+,27-,28-,29-/m1/s1. The lowest BCUT2D eigenvalue weighted by Crippen LogP contribution is -2.63. The van der Waals surface area contributed by atoms with Gasteiger partial charge in [0.1, 0.15) is 6.10 Å². The van der Waals surface area contributed by atoms with Gasteiger partial charge in [-0.1, -0.05) is 32.9 Å². The molecule has 1 N–H and O–H groups in total. The third-order valence-electron chi connectivity index (χ3n) is 11.3. The van der Waals surface area contributed by atoms with E-state index in [-0.39, 0.29) is 29.0 Å². The van der Waals surface area contributed by atoms with Gasteiger partial charge >= 0.3 is 5.97 Å². The second-order valence-electron chi connectivity index (χ2n) is 13.0. The van der Waals surface area contributed by atoms with Crippen LogP contribution >= 0.6 is 0 Å². The fourth-order valence-electron chi connectivity index (χ4n) is 10.0. The average molecular weight is 488 g/mol. The van der Waals surface area contributed by atoms with Gasteiger partial charge in [0.15, 0.2) is 0 Å². The van der Waals surface area contributed by atoms with Crippen molar-refractivity contribution >= 4 is 11.7 Å². The number of esters is 1. The van der Waals surface area contributed by atoms with E-state index in [1.807, 2.05) is 0 Å². The van der Waals surface area contributed by atoms with Crippen LogP contribution in [0.15, 0.2) is 15.4 Å². The van der Waals surface area contributed by atoms with E-state index in [1.54, 1.807) is 14.0 Å². The highest BCUT2D eigenvalue weighted by atomic mass is 16.5. The van der Waals surface area contributed by atoms with E-state index in [1.165, 1.54) is 25.7 Å². The summed E-state index contributed by atoms with van der Waals surface area (Å²) < 4.78 is 6.29. The van der Waals surface area contributed by atoms with Gasteiger partial charge < -0.3 is 9.84 Å². The van der Waals surface area contributed by atoms with Crippen molar-refractivity contribution in [3.63, 3.8) is 0 Å². The summed E-state index contributed by atoms with van der Waals surface area (Å²) in [5, 5.41) is 22.5. The summed E-state index contributed by atoms with van der Waals surface area (Å²) in [6.45, 7) is 13.4. The SMILES string of the molecule is CC[C@H]1[C@@H](OC(C)=O)[C@@H]2[C@H](CC[C@]3(C)[C@@H]([C@H](C)C/C(C)=N/N=NC)CC[C@@H]23)[C@@]2(C)CC[C@@H](O)C[C@@H]12. The van der Waals surface area contributed by atoms with Gasteiger partial charge in [0.05, 0.1) is 13.2 Å². The van der Waals surface area contributed by atoms with Crippen molar-refractivity contribution in [3.05, 3.63) is 0 Å². The largest absolute Gasteiger partial charge is 0.462 e. The van der Waals surface area contributed by atoms with Gasteiger partial charge in [-0.25, -0.2) is 0 Å². The lowest BCUT2D eigenvalue weighted by Gasteiger charge is -2.65. The van der Waals surface area contributed by atoms with Crippen molar-refractivity contribution in [1.29, 1.82) is 0 Å². The Labute approximate surface area is 212 Å². The summed E-state index contributed by atoms with van der Waals surface area (Å²) in [5.74, 6) is 3.43. The van der Waals surface area contributed by atoms with Crippen LogP contribution in [0, 0.1) is 52.3 Å². The summed E-state index contributed by atoms with van der Waals surface area (Å²) >= 11 is 0. The molecule has 198 valence electrons. The number of carbonyl (C=O) groups excluding carboxylic acids is 1. The molecule has 0 bridgehead atoms. The third-order valence-corrected chi connectivity index (χ3v) is 11.3. The topological polar surface area (TPSA) is 83.6 Å². The molecule has 4 saturated carbocycles. The Morgan fingerprint density at radius 1 is 1.06 bits per heavy atom. The second kappa shape index (κ2) is 10.2. The smallest absolute Gasteiger partial charge is 0.302 e. The minimum absolute atomic E-state index is 0.0159. The van der Waals surface area contributed by atoms with Crippen LogP contribution in [-0.2, 0) is 9.53 Å². The van der Waals surface area contributed by atoms with Crippen LogP contribution < -0.4 is 0 Å². The van der Waals surface area contributed by atoms with Crippen molar-refractivity contribution in [2.45, 2.75) is 112 Å². The summed E-state index contributed by atoms with van der Waals surface area (Å²) in [7, 11) is 1.66. The number of hydrogen-bond donors (Lipinski definition) is 1. The van der Waals surface area contributed by atoms with E-state index < -0.39 is 0 Å². The Morgan fingerprint density at radius 3 is 2.40 bits per heavy atom. The number of ether oxygens (including phenoxy) is 1. The minimum atomic E-state index is -0.209. The maximum absolute atomic E-state index is 12.4. The van der Waals surface area contributed by atoms with Crippen LogP contribution in [0.3, 0.4) is 0 Å². The fraction of sp³-hybridized carbons (Fsp3) is 0.931. The maximum atomic E-state index is 12.4. The molecule has 0 aliphatic heterocycles. The van der Waals surface area contributed by atoms with Crippen molar-refractivity contribution < 1.29 is 14.6 Å². The van der Waals surface area contributed by atoms with Gasteiger partial charge in [0.25, 0.3) is 0 Å². The number of hydrogen-bond acceptors (Lipinski definition) is 5. The number of rotatable bonds is 6. The fourth-order valence-corrected chi connectivity index (χ4v) is 10.0. The average Bonchev–Trinajstić information content (AvgIpc) is 3.15. The van der Waals surface area contributed by atoms with E-state index in [0.717, 1.165) is 37.8 Å². The van der Waals surface area contributed by atoms with Crippen molar-refractivity contribution in [2.75, 3.05) is 7.05 Å². The molecule has 0 heterocycles. The highest BCUT2D eigenvalue weighted by molar-refractivity contribution is 5.81. The first-order valence-electron chi connectivity index (χ1n) is 14.2. The number of aliphatic hydroxyl groups excluding tert-OH is 1. The van der Waals surface area contributed by atoms with Gasteiger partial charge in [0.2, 0.25) is 0 Å². The van der Waals surface area contributed by atoms with E-state index in [2.05, 4.69) is 50.1 Å². The van der Waals surface area contributed by atoms with Crippen molar-refractivity contribution in [2.24, 2.45) is 67.7 Å². The monoisotopic (exact) mass is 487 g/mol. The van der Waals surface area contributed by atoms with Crippen molar-refractivity contribution in [1.82, 2.24) is 0 Å². The summed E-state index contributed by atoms with van der Waals surface area (Å²) in [6, 6.07) is 0. The molecule has 0 radical (unpaired) electrons. The van der Waals surface area contributed by atoms with Gasteiger partial charge in [-0.3, -0.25) is 4.79 Å². The Hall–Kier alpha value is -1.30. The number of carbonyl (C=O) groups is 1. The molecule has 0 amide bonds. The molecular weight excluding hydrogens is 438 g/mol. The molecule has 0 unspecified atom stereocenters. The van der Waals surface area contributed by atoms with Gasteiger partial charge in [-0.15, -0.1) is 5.10 Å². The second-order valence-corrected chi connectivity index (χ2v) is 13.0. The molecular formula is C29H49N3O3. The molecule has 0 aromatic carbocycles. The summed E-state index contributed by atoms with van der Waals surface area (Å²) in [4.78, 5) is 12.4. The molecule has 4 aliphatic rings. The molecule has 4 fully saturated rings. The van der Waals surface area contributed by atoms with Crippen LogP contribution in [0.1, 0.15) is 99.3 Å². The molecule has 4 rings (SSSR count). The molecule has 0 spiro atoms. The summed E-state index contributed by atoms with van der Waals surface area (Å²) in [6.07, 6.45) is 9.59. The van der Waals surface area contributed by atoms with E-state index >= 15 is 0 Å². The molecule has 11 atom stereocenters. The van der Waals surface area contributed by atoms with Crippen LogP contribution in [0.25, 0.3) is 0 Å². The molecule has 35 heavy (non-hydrogen) atoms. The Morgan fingerprint density at radius 2 is 1.74 bits per heavy atom. The lowest BCUT2D eigenvalue weighted by atomic mass is 9.41. The van der Waals surface area contributed by atoms with E-state index in [0.29, 0.717) is 41.4 Å². The zero-order valence-electron chi connectivity index (χ0n) is 23.2. The molecule has 4 aliphatic carbocycles. The predicted molar refractivity (Wildman–Crippen MR) is 139 cm³/mol. The van der Waals surface area contributed by atoms with Gasteiger partial charge in [-0.05, 0) is 111 Å². The first-order valence-corrected chi connectivity index (χ1v) is 14.2. The molecule has 0 aromatic heterocycles. The van der Waals surface area contributed by atoms with E-state index in [4.69, 9.17) is 4.74 Å². The molecule has 0 saturated heterocycles. The van der Waals surface area contributed by atoms with Crippen molar-refractivity contribution in [3.8, 4) is 0 Å². The van der Waals surface area contributed by atoms with Crippen LogP contribution in [0.2, 0.25) is 0 Å². The van der Waals surface area contributed by atoms with Crippen LogP contribution in [0.4, 0.5) is 0 Å². The first kappa shape index (κ1) is 26.8. The molecule has 6 nitrogen and oxygen atoms in total. The quantitative estimate of drug-likeness (QED) is 0.197. The van der Waals surface area contributed by atoms with Gasteiger partial charge in [-0.2, -0.15) is 5.11 Å². The number of fused-ring (bicyclic) bond motifs is 5. The zero-order chi connectivity index (χ0) is 25.5. The Kier molecular flexibility index (Phi) is 7.81. The number of aliphatic hydroxyl groups is 1. The van der Waals surface area contributed by atoms with E-state index in [9.17, 15) is 9.90 Å². The van der Waals surface area contributed by atoms with Gasteiger partial charge in [0, 0.05) is 18.6 Å². The predicted octanol–water partition coefficient (Wildman–Crippen LogP) is 6.67. The zero-order valence-corrected chi connectivity index (χ0v) is 23.2. The normalized spacial score (nSPS) is 46.6. The van der Waals surface area contributed by atoms with Crippen LogP contribution in [-0.4, -0.2) is 36.0 Å². The lowest BCUT2D eigenvalue weighted by molar-refractivity contribution is -0.217. The highest BCUT2D eigenvalue weighted by Crippen LogP contribution is 2.70. The summed E-state index contributed by atoms with van der Waals surface area (Å²) in [5.41, 5.74) is 1.56. The Bertz CT molecular complexity index is 843. The third kappa shape index (κ3) is 4.62. The Balaban J connectivity index is 1.67. The maximum Gasteiger partial charge on any atom is 0.302 e.